The summed E-state index contributed by atoms with van der Waals surface area (Å²) in [6.07, 6.45) is 4.12. The van der Waals surface area contributed by atoms with Crippen molar-refractivity contribution in [1.82, 2.24) is 0 Å². The predicted molar refractivity (Wildman–Crippen MR) is 41.7 cm³/mol. The first-order valence-corrected chi connectivity index (χ1v) is 4.09. The van der Waals surface area contributed by atoms with E-state index >= 15 is 0 Å². The Morgan fingerprint density at radius 2 is 2.36 bits per heavy atom. The molecule has 1 aliphatic rings. The molecular weight excluding hydrogens is 142 g/mol. The normalized spacial score (nSPS) is 38.2. The Morgan fingerprint density at radius 3 is 2.91 bits per heavy atom. The van der Waals surface area contributed by atoms with Crippen molar-refractivity contribution in [1.29, 1.82) is 0 Å². The average Bonchev–Trinajstić information content (AvgIpc) is 1.96. The molecule has 0 spiro atoms. The molecule has 0 aromatic rings. The van der Waals surface area contributed by atoms with E-state index in [1.807, 2.05) is 6.92 Å². The van der Waals surface area contributed by atoms with Gasteiger partial charge in [0.05, 0.1) is 0 Å². The lowest BCUT2D eigenvalue weighted by atomic mass is 9.83. The molecule has 0 bridgehead atoms. The highest BCUT2D eigenvalue weighted by Crippen LogP contribution is 2.31. The summed E-state index contributed by atoms with van der Waals surface area (Å²) in [4.78, 5) is 10.1. The van der Waals surface area contributed by atoms with Crippen LogP contribution in [0.1, 0.15) is 32.6 Å². The summed E-state index contributed by atoms with van der Waals surface area (Å²) in [6.45, 7) is 2.49. The Hall–Kier alpha value is -0.570. The minimum Gasteiger partial charge on any atom is -0.446 e. The molecule has 0 aliphatic heterocycles. The van der Waals surface area contributed by atoms with Crippen molar-refractivity contribution in [3.8, 4) is 0 Å². The van der Waals surface area contributed by atoms with Crippen LogP contribution >= 0.6 is 0 Å². The van der Waals surface area contributed by atoms with Crippen molar-refractivity contribution < 1.29 is 9.53 Å². The van der Waals surface area contributed by atoms with E-state index in [1.165, 1.54) is 6.42 Å². The van der Waals surface area contributed by atoms with Crippen LogP contribution in [0.15, 0.2) is 0 Å². The summed E-state index contributed by atoms with van der Waals surface area (Å²) in [5, 5.41) is 0. The Bertz CT molecular complexity index is 149. The zero-order valence-electron chi connectivity index (χ0n) is 6.88. The minimum absolute atomic E-state index is 0.293. The summed E-state index contributed by atoms with van der Waals surface area (Å²) in [5.74, 6) is 0.293. The number of rotatable bonds is 2. The fourth-order valence-corrected chi connectivity index (χ4v) is 1.61. The summed E-state index contributed by atoms with van der Waals surface area (Å²) in [5.41, 5.74) is 5.18. The van der Waals surface area contributed by atoms with E-state index in [2.05, 4.69) is 0 Å². The number of carbonyl (C=O) groups excluding carboxylic acids is 1. The second-order valence-corrected chi connectivity index (χ2v) is 3.32. The van der Waals surface area contributed by atoms with Gasteiger partial charge in [-0.2, -0.15) is 0 Å². The first-order valence-electron chi connectivity index (χ1n) is 4.09. The number of nitrogens with two attached hydrogens (primary N) is 1. The lowest BCUT2D eigenvalue weighted by Gasteiger charge is -2.37. The zero-order valence-corrected chi connectivity index (χ0v) is 6.88. The van der Waals surface area contributed by atoms with Gasteiger partial charge in [-0.3, -0.25) is 10.5 Å². The quantitative estimate of drug-likeness (QED) is 0.481. The van der Waals surface area contributed by atoms with E-state index in [9.17, 15) is 4.79 Å². The van der Waals surface area contributed by atoms with Crippen molar-refractivity contribution in [2.24, 2.45) is 11.7 Å². The van der Waals surface area contributed by atoms with E-state index < -0.39 is 5.72 Å². The van der Waals surface area contributed by atoms with Crippen LogP contribution in [0, 0.1) is 5.92 Å². The Morgan fingerprint density at radius 1 is 1.64 bits per heavy atom. The molecule has 0 aromatic heterocycles. The highest BCUT2D eigenvalue weighted by atomic mass is 16.5. The van der Waals surface area contributed by atoms with Gasteiger partial charge in [0, 0.05) is 12.3 Å². The molecule has 1 aliphatic carbocycles. The first kappa shape index (κ1) is 8.53. The SMILES string of the molecule is CC1CCCCC1(N)OC=O. The van der Waals surface area contributed by atoms with Crippen molar-refractivity contribution >= 4 is 6.47 Å². The van der Waals surface area contributed by atoms with Gasteiger partial charge in [-0.1, -0.05) is 13.3 Å². The summed E-state index contributed by atoms with van der Waals surface area (Å²) in [6, 6.07) is 0. The van der Waals surface area contributed by atoms with Gasteiger partial charge >= 0.3 is 0 Å². The van der Waals surface area contributed by atoms with Crippen LogP contribution in [-0.2, 0) is 9.53 Å². The lowest BCUT2D eigenvalue weighted by molar-refractivity contribution is -0.152. The van der Waals surface area contributed by atoms with Gasteiger partial charge in [0.25, 0.3) is 6.47 Å². The molecule has 64 valence electrons. The van der Waals surface area contributed by atoms with Crippen molar-refractivity contribution in [2.45, 2.75) is 38.3 Å². The standard InChI is InChI=1S/C8H15NO2/c1-7-4-2-3-5-8(7,9)11-6-10/h6-7H,2-5,9H2,1H3. The fourth-order valence-electron chi connectivity index (χ4n) is 1.61. The van der Waals surface area contributed by atoms with E-state index in [4.69, 9.17) is 10.5 Å². The van der Waals surface area contributed by atoms with Crippen LogP contribution in [0.5, 0.6) is 0 Å². The van der Waals surface area contributed by atoms with Crippen LogP contribution in [0.3, 0.4) is 0 Å². The van der Waals surface area contributed by atoms with E-state index in [1.54, 1.807) is 0 Å². The molecule has 3 nitrogen and oxygen atoms in total. The molecule has 0 heterocycles. The summed E-state index contributed by atoms with van der Waals surface area (Å²) < 4.78 is 4.88. The molecule has 1 fully saturated rings. The Kier molecular flexibility index (Phi) is 2.49. The molecule has 0 amide bonds. The molecule has 2 N–H and O–H groups in total. The van der Waals surface area contributed by atoms with Crippen LogP contribution in [0.2, 0.25) is 0 Å². The first-order chi connectivity index (χ1) is 5.19. The maximum absolute atomic E-state index is 10.1. The number of hydrogen-bond donors (Lipinski definition) is 1. The monoisotopic (exact) mass is 157 g/mol. The van der Waals surface area contributed by atoms with Gasteiger partial charge in [-0.25, -0.2) is 0 Å². The smallest absolute Gasteiger partial charge is 0.294 e. The third kappa shape index (κ3) is 1.71. The molecule has 0 radical (unpaired) electrons. The highest BCUT2D eigenvalue weighted by molar-refractivity contribution is 5.38. The summed E-state index contributed by atoms with van der Waals surface area (Å²) >= 11 is 0. The van der Waals surface area contributed by atoms with E-state index in [-0.39, 0.29) is 0 Å². The van der Waals surface area contributed by atoms with E-state index in [0.29, 0.717) is 12.4 Å². The van der Waals surface area contributed by atoms with Gasteiger partial charge in [-0.15, -0.1) is 0 Å². The maximum Gasteiger partial charge on any atom is 0.294 e. The zero-order chi connectivity index (χ0) is 8.32. The van der Waals surface area contributed by atoms with Gasteiger partial charge < -0.3 is 4.74 Å². The predicted octanol–water partition coefficient (Wildman–Crippen LogP) is 1.02. The Balaban J connectivity index is 2.56. The summed E-state index contributed by atoms with van der Waals surface area (Å²) in [7, 11) is 0. The van der Waals surface area contributed by atoms with Crippen molar-refractivity contribution in [3.63, 3.8) is 0 Å². The van der Waals surface area contributed by atoms with Crippen LogP contribution < -0.4 is 5.73 Å². The molecule has 11 heavy (non-hydrogen) atoms. The Labute approximate surface area is 66.9 Å². The van der Waals surface area contributed by atoms with Crippen LogP contribution in [-0.4, -0.2) is 12.2 Å². The van der Waals surface area contributed by atoms with Gasteiger partial charge in [0.1, 0.15) is 0 Å². The van der Waals surface area contributed by atoms with Crippen molar-refractivity contribution in [2.75, 3.05) is 0 Å². The number of carbonyl (C=O) groups is 1. The fraction of sp³-hybridized carbons (Fsp3) is 0.875. The van der Waals surface area contributed by atoms with Crippen LogP contribution in [0.25, 0.3) is 0 Å². The molecule has 0 aromatic carbocycles. The third-order valence-corrected chi connectivity index (χ3v) is 2.56. The second-order valence-electron chi connectivity index (χ2n) is 3.32. The van der Waals surface area contributed by atoms with E-state index in [0.717, 1.165) is 19.3 Å². The molecule has 0 saturated heterocycles. The van der Waals surface area contributed by atoms with Crippen LogP contribution in [0.4, 0.5) is 0 Å². The number of ether oxygens (including phenoxy) is 1. The topological polar surface area (TPSA) is 52.3 Å². The molecule has 1 rings (SSSR count). The van der Waals surface area contributed by atoms with Gasteiger partial charge in [0.2, 0.25) is 0 Å². The molecular formula is C8H15NO2. The second kappa shape index (κ2) is 3.22. The lowest BCUT2D eigenvalue weighted by Crippen LogP contribution is -2.50. The largest absolute Gasteiger partial charge is 0.446 e. The maximum atomic E-state index is 10.1. The van der Waals surface area contributed by atoms with Crippen molar-refractivity contribution in [3.05, 3.63) is 0 Å². The highest BCUT2D eigenvalue weighted by Gasteiger charge is 2.35. The third-order valence-electron chi connectivity index (χ3n) is 2.56. The molecule has 3 heteroatoms. The minimum atomic E-state index is -0.681. The molecule has 2 unspecified atom stereocenters. The number of hydrogen-bond acceptors (Lipinski definition) is 3. The molecule has 1 saturated carbocycles. The average molecular weight is 157 g/mol. The van der Waals surface area contributed by atoms with Gasteiger partial charge in [0.15, 0.2) is 5.72 Å². The van der Waals surface area contributed by atoms with Gasteiger partial charge in [-0.05, 0) is 12.8 Å². The molecule has 2 atom stereocenters.